The maximum absolute atomic E-state index is 12.1. The molecule has 0 heterocycles. The van der Waals surface area contributed by atoms with Crippen LogP contribution >= 0.6 is 0 Å². The number of nitrogens with one attached hydrogen (secondary N) is 1. The van der Waals surface area contributed by atoms with E-state index >= 15 is 0 Å². The van der Waals surface area contributed by atoms with Crippen molar-refractivity contribution in [1.29, 1.82) is 0 Å². The third-order valence-corrected chi connectivity index (χ3v) is 4.31. The van der Waals surface area contributed by atoms with Crippen LogP contribution in [0.2, 0.25) is 0 Å². The lowest BCUT2D eigenvalue weighted by Gasteiger charge is -2.17. The molecular weight excluding hydrogens is 370 g/mol. The summed E-state index contributed by atoms with van der Waals surface area (Å²) in [6.45, 7) is 3.63. The van der Waals surface area contributed by atoms with E-state index in [1.807, 2.05) is 38.1 Å². The van der Waals surface area contributed by atoms with Gasteiger partial charge in [-0.1, -0.05) is 48.9 Å². The lowest BCUT2D eigenvalue weighted by Crippen LogP contribution is -2.32. The topological polar surface area (TPSA) is 81.7 Å². The third-order valence-electron chi connectivity index (χ3n) is 4.31. The molecule has 6 nitrogen and oxygen atoms in total. The zero-order chi connectivity index (χ0) is 21.2. The minimum absolute atomic E-state index is 0.134. The first-order valence-corrected chi connectivity index (χ1v) is 9.32. The van der Waals surface area contributed by atoms with Gasteiger partial charge in [0.25, 0.3) is 5.91 Å². The van der Waals surface area contributed by atoms with Gasteiger partial charge in [-0.15, -0.1) is 0 Å². The Morgan fingerprint density at radius 2 is 1.69 bits per heavy atom. The fourth-order valence-electron chi connectivity index (χ4n) is 2.65. The van der Waals surface area contributed by atoms with E-state index < -0.39 is 11.9 Å². The Labute approximate surface area is 170 Å². The maximum Gasteiger partial charge on any atom is 0.337 e. The zero-order valence-corrected chi connectivity index (χ0v) is 16.8. The number of rotatable bonds is 8. The van der Waals surface area contributed by atoms with E-state index in [1.165, 1.54) is 13.2 Å². The summed E-state index contributed by atoms with van der Waals surface area (Å²) >= 11 is 0. The van der Waals surface area contributed by atoms with Crippen molar-refractivity contribution in [2.45, 2.75) is 26.3 Å². The second-order valence-electron chi connectivity index (χ2n) is 6.49. The number of esters is 2. The summed E-state index contributed by atoms with van der Waals surface area (Å²) in [7, 11) is 1.31. The molecule has 0 radical (unpaired) electrons. The molecule has 0 aromatic heterocycles. The van der Waals surface area contributed by atoms with Gasteiger partial charge in [0.2, 0.25) is 0 Å². The van der Waals surface area contributed by atoms with Crippen LogP contribution in [0.4, 0.5) is 0 Å². The molecule has 0 aliphatic heterocycles. The number of benzene rings is 2. The Kier molecular flexibility index (Phi) is 8.15. The van der Waals surface area contributed by atoms with Crippen LogP contribution in [0.3, 0.4) is 0 Å². The van der Waals surface area contributed by atoms with Crippen molar-refractivity contribution in [2.24, 2.45) is 0 Å². The molecule has 2 aromatic carbocycles. The number of methoxy groups -OCH3 is 1. The van der Waals surface area contributed by atoms with Crippen molar-refractivity contribution < 1.29 is 23.9 Å². The lowest BCUT2D eigenvalue weighted by molar-refractivity contribution is -0.144. The molecule has 2 aromatic rings. The van der Waals surface area contributed by atoms with Gasteiger partial charge in [-0.3, -0.25) is 4.79 Å². The average Bonchev–Trinajstić information content (AvgIpc) is 2.75. The van der Waals surface area contributed by atoms with Crippen molar-refractivity contribution in [1.82, 2.24) is 5.32 Å². The van der Waals surface area contributed by atoms with Gasteiger partial charge in [0.15, 0.2) is 6.61 Å². The Hall–Kier alpha value is -3.41. The van der Waals surface area contributed by atoms with Gasteiger partial charge in [-0.2, -0.15) is 0 Å². The van der Waals surface area contributed by atoms with Gasteiger partial charge in [-0.25, -0.2) is 9.59 Å². The fourth-order valence-corrected chi connectivity index (χ4v) is 2.65. The summed E-state index contributed by atoms with van der Waals surface area (Å²) < 4.78 is 9.62. The molecule has 1 amide bonds. The van der Waals surface area contributed by atoms with Crippen LogP contribution in [0.15, 0.2) is 54.6 Å². The monoisotopic (exact) mass is 395 g/mol. The number of aryl methyl sites for hydroxylation is 1. The largest absolute Gasteiger partial charge is 0.465 e. The van der Waals surface area contributed by atoms with E-state index in [-0.39, 0.29) is 18.6 Å². The van der Waals surface area contributed by atoms with Gasteiger partial charge < -0.3 is 14.8 Å². The third kappa shape index (κ3) is 6.92. The zero-order valence-electron chi connectivity index (χ0n) is 16.8. The molecule has 2 rings (SSSR count). The van der Waals surface area contributed by atoms with Crippen LogP contribution in [-0.4, -0.2) is 31.6 Å². The van der Waals surface area contributed by atoms with E-state index in [4.69, 9.17) is 4.74 Å². The Bertz CT molecular complexity index is 869. The smallest absolute Gasteiger partial charge is 0.337 e. The summed E-state index contributed by atoms with van der Waals surface area (Å²) in [4.78, 5) is 35.3. The highest BCUT2D eigenvalue weighted by atomic mass is 16.5. The highest BCUT2D eigenvalue weighted by Gasteiger charge is 2.13. The minimum Gasteiger partial charge on any atom is -0.465 e. The molecule has 29 heavy (non-hydrogen) atoms. The summed E-state index contributed by atoms with van der Waals surface area (Å²) in [5.41, 5.74) is 3.29. The van der Waals surface area contributed by atoms with E-state index in [2.05, 4.69) is 10.1 Å². The Morgan fingerprint density at radius 3 is 2.28 bits per heavy atom. The molecule has 0 saturated heterocycles. The van der Waals surface area contributed by atoms with Crippen LogP contribution in [0, 0.1) is 6.92 Å². The van der Waals surface area contributed by atoms with Crippen LogP contribution < -0.4 is 5.32 Å². The summed E-state index contributed by atoms with van der Waals surface area (Å²) in [6, 6.07) is 14.4. The van der Waals surface area contributed by atoms with Crippen molar-refractivity contribution >= 4 is 23.9 Å². The number of hydrogen-bond acceptors (Lipinski definition) is 5. The van der Waals surface area contributed by atoms with Gasteiger partial charge in [-0.05, 0) is 42.7 Å². The number of ether oxygens (including phenoxy) is 2. The van der Waals surface area contributed by atoms with Crippen LogP contribution in [0.1, 0.15) is 46.4 Å². The van der Waals surface area contributed by atoms with Crippen molar-refractivity contribution in [2.75, 3.05) is 13.7 Å². The Morgan fingerprint density at radius 1 is 1.03 bits per heavy atom. The predicted molar refractivity (Wildman–Crippen MR) is 110 cm³/mol. The molecule has 0 bridgehead atoms. The van der Waals surface area contributed by atoms with Crippen molar-refractivity contribution in [3.8, 4) is 0 Å². The molecular formula is C23H25NO5. The number of carbonyl (C=O) groups is 3. The van der Waals surface area contributed by atoms with E-state index in [9.17, 15) is 14.4 Å². The van der Waals surface area contributed by atoms with Gasteiger partial charge in [0, 0.05) is 6.08 Å². The Balaban J connectivity index is 1.83. The molecule has 1 N–H and O–H groups in total. The molecule has 0 fully saturated rings. The summed E-state index contributed by atoms with van der Waals surface area (Å²) in [6.07, 6.45) is 3.50. The van der Waals surface area contributed by atoms with Crippen LogP contribution in [0.5, 0.6) is 0 Å². The fraction of sp³-hybridized carbons (Fsp3) is 0.261. The molecule has 6 heteroatoms. The summed E-state index contributed by atoms with van der Waals surface area (Å²) in [5.74, 6) is -1.41. The second-order valence-corrected chi connectivity index (χ2v) is 6.49. The quantitative estimate of drug-likeness (QED) is 0.545. The van der Waals surface area contributed by atoms with Crippen LogP contribution in [-0.2, 0) is 19.1 Å². The lowest BCUT2D eigenvalue weighted by atomic mass is 10.0. The molecule has 0 aliphatic rings. The van der Waals surface area contributed by atoms with Gasteiger partial charge in [0.05, 0.1) is 18.7 Å². The first-order chi connectivity index (χ1) is 13.9. The highest BCUT2D eigenvalue weighted by Crippen LogP contribution is 2.17. The number of amides is 1. The highest BCUT2D eigenvalue weighted by molar-refractivity contribution is 5.91. The van der Waals surface area contributed by atoms with E-state index in [1.54, 1.807) is 30.3 Å². The SMILES string of the molecule is CC[C@H](NC(=O)COC(=O)/C=C/c1ccc(C(=O)OC)cc1)c1ccc(C)cc1. The first kappa shape index (κ1) is 21.9. The maximum atomic E-state index is 12.1. The van der Waals surface area contributed by atoms with Crippen LogP contribution in [0.25, 0.3) is 6.08 Å². The van der Waals surface area contributed by atoms with Gasteiger partial charge in [0.1, 0.15) is 0 Å². The first-order valence-electron chi connectivity index (χ1n) is 9.32. The second kappa shape index (κ2) is 10.8. The molecule has 0 aliphatic carbocycles. The molecule has 152 valence electrons. The normalized spacial score (nSPS) is 11.7. The average molecular weight is 395 g/mol. The molecule has 0 spiro atoms. The standard InChI is InChI=1S/C23H25NO5/c1-4-20(18-10-5-16(2)6-11-18)24-21(25)15-29-22(26)14-9-17-7-12-19(13-8-17)23(27)28-3/h5-14,20H,4,15H2,1-3H3,(H,24,25)/b14-9+/t20-/m0/s1. The number of carbonyl (C=O) groups excluding carboxylic acids is 3. The summed E-state index contributed by atoms with van der Waals surface area (Å²) in [5, 5.41) is 2.87. The number of hydrogen-bond donors (Lipinski definition) is 1. The van der Waals surface area contributed by atoms with Gasteiger partial charge >= 0.3 is 11.9 Å². The molecule has 1 atom stereocenters. The minimum atomic E-state index is -0.624. The molecule has 0 unspecified atom stereocenters. The van der Waals surface area contributed by atoms with E-state index in [0.717, 1.165) is 17.5 Å². The van der Waals surface area contributed by atoms with E-state index in [0.29, 0.717) is 11.1 Å². The van der Waals surface area contributed by atoms with Crippen molar-refractivity contribution in [3.63, 3.8) is 0 Å². The predicted octanol–water partition coefficient (Wildman–Crippen LogP) is 3.61. The molecule has 0 saturated carbocycles. The van der Waals surface area contributed by atoms with Crippen molar-refractivity contribution in [3.05, 3.63) is 76.9 Å².